The lowest BCUT2D eigenvalue weighted by Gasteiger charge is -2.15. The predicted octanol–water partition coefficient (Wildman–Crippen LogP) is 1.62. The minimum absolute atomic E-state index is 0.0974. The molecule has 0 aliphatic rings. The van der Waals surface area contributed by atoms with Gasteiger partial charge in [0.05, 0.1) is 10.5 Å². The van der Waals surface area contributed by atoms with Gasteiger partial charge in [-0.1, -0.05) is 13.0 Å². The molecule has 0 saturated heterocycles. The van der Waals surface area contributed by atoms with Crippen LogP contribution >= 0.6 is 0 Å². The van der Waals surface area contributed by atoms with E-state index in [1.165, 1.54) is 17.1 Å². The van der Waals surface area contributed by atoms with Crippen LogP contribution in [0.3, 0.4) is 0 Å². The molecule has 0 bridgehead atoms. The standard InChI is InChI=1S/C12H18N4O3/c1-4-8-13-11-9(12(17)14-15(2)3)6-5-7-10(11)16(18)19/h5-7,13H,4,8H2,1-3H3,(H,14,17). The summed E-state index contributed by atoms with van der Waals surface area (Å²) in [6.07, 6.45) is 0.806. The Bertz CT molecular complexity index is 474. The summed E-state index contributed by atoms with van der Waals surface area (Å²) in [5.41, 5.74) is 3.00. The monoisotopic (exact) mass is 266 g/mol. The summed E-state index contributed by atoms with van der Waals surface area (Å²) >= 11 is 0. The number of hydrazine groups is 1. The molecule has 1 aromatic carbocycles. The van der Waals surface area contributed by atoms with E-state index in [1.807, 2.05) is 6.92 Å². The van der Waals surface area contributed by atoms with E-state index >= 15 is 0 Å². The number of nitro groups is 1. The number of para-hydroxylation sites is 1. The lowest BCUT2D eigenvalue weighted by molar-refractivity contribution is -0.384. The van der Waals surface area contributed by atoms with Crippen LogP contribution in [0, 0.1) is 10.1 Å². The van der Waals surface area contributed by atoms with E-state index in [1.54, 1.807) is 20.2 Å². The van der Waals surface area contributed by atoms with E-state index in [0.29, 0.717) is 6.54 Å². The van der Waals surface area contributed by atoms with Crippen molar-refractivity contribution >= 4 is 17.3 Å². The maximum atomic E-state index is 12.0. The Morgan fingerprint density at radius 2 is 2.11 bits per heavy atom. The molecule has 19 heavy (non-hydrogen) atoms. The molecule has 0 heterocycles. The summed E-state index contributed by atoms with van der Waals surface area (Å²) in [5.74, 6) is -0.382. The fourth-order valence-electron chi connectivity index (χ4n) is 1.58. The fourth-order valence-corrected chi connectivity index (χ4v) is 1.58. The zero-order chi connectivity index (χ0) is 14.4. The molecule has 0 radical (unpaired) electrons. The number of benzene rings is 1. The average molecular weight is 266 g/mol. The highest BCUT2D eigenvalue weighted by Crippen LogP contribution is 2.28. The number of hydrogen-bond donors (Lipinski definition) is 2. The third-order valence-electron chi connectivity index (χ3n) is 2.36. The average Bonchev–Trinajstić information content (AvgIpc) is 2.34. The second-order valence-corrected chi connectivity index (χ2v) is 4.22. The molecule has 7 nitrogen and oxygen atoms in total. The highest BCUT2D eigenvalue weighted by molar-refractivity contribution is 6.01. The summed E-state index contributed by atoms with van der Waals surface area (Å²) in [6.45, 7) is 2.51. The van der Waals surface area contributed by atoms with E-state index in [-0.39, 0.29) is 22.8 Å². The van der Waals surface area contributed by atoms with Crippen LogP contribution < -0.4 is 10.7 Å². The number of amides is 1. The van der Waals surface area contributed by atoms with Crippen LogP contribution in [-0.2, 0) is 0 Å². The highest BCUT2D eigenvalue weighted by atomic mass is 16.6. The van der Waals surface area contributed by atoms with E-state index in [4.69, 9.17) is 0 Å². The van der Waals surface area contributed by atoms with Crippen LogP contribution in [-0.4, -0.2) is 36.5 Å². The van der Waals surface area contributed by atoms with Gasteiger partial charge in [-0.05, 0) is 12.5 Å². The molecule has 0 unspecified atom stereocenters. The lowest BCUT2D eigenvalue weighted by atomic mass is 10.1. The molecular weight excluding hydrogens is 248 g/mol. The Labute approximate surface area is 111 Å². The third kappa shape index (κ3) is 3.92. The number of anilines is 1. The zero-order valence-electron chi connectivity index (χ0n) is 11.3. The number of nitro benzene ring substituents is 1. The SMILES string of the molecule is CCCNc1c(C(=O)NN(C)C)cccc1[N+](=O)[O-]. The van der Waals surface area contributed by atoms with Crippen molar-refractivity contribution in [1.82, 2.24) is 10.4 Å². The van der Waals surface area contributed by atoms with Gasteiger partial charge < -0.3 is 5.32 Å². The Balaban J connectivity index is 3.18. The summed E-state index contributed by atoms with van der Waals surface area (Å²) in [7, 11) is 3.35. The molecule has 0 saturated carbocycles. The molecule has 0 aliphatic carbocycles. The van der Waals surface area contributed by atoms with Gasteiger partial charge in [-0.15, -0.1) is 0 Å². The Morgan fingerprint density at radius 3 is 2.63 bits per heavy atom. The first kappa shape index (κ1) is 14.9. The topological polar surface area (TPSA) is 87.5 Å². The van der Waals surface area contributed by atoms with Crippen LogP contribution in [0.4, 0.5) is 11.4 Å². The predicted molar refractivity (Wildman–Crippen MR) is 73.0 cm³/mol. The van der Waals surface area contributed by atoms with Crippen molar-refractivity contribution in [3.05, 3.63) is 33.9 Å². The molecular formula is C12H18N4O3. The van der Waals surface area contributed by atoms with Gasteiger partial charge in [-0.25, -0.2) is 5.01 Å². The second kappa shape index (κ2) is 6.69. The highest BCUT2D eigenvalue weighted by Gasteiger charge is 2.21. The first-order chi connectivity index (χ1) is 8.97. The molecule has 0 spiro atoms. The number of nitrogens with one attached hydrogen (secondary N) is 2. The maximum Gasteiger partial charge on any atom is 0.293 e. The Kier molecular flexibility index (Phi) is 5.25. The van der Waals surface area contributed by atoms with Crippen molar-refractivity contribution in [3.8, 4) is 0 Å². The third-order valence-corrected chi connectivity index (χ3v) is 2.36. The summed E-state index contributed by atoms with van der Waals surface area (Å²) < 4.78 is 0. The van der Waals surface area contributed by atoms with Gasteiger partial charge in [-0.2, -0.15) is 0 Å². The molecule has 7 heteroatoms. The van der Waals surface area contributed by atoms with Gasteiger partial charge >= 0.3 is 0 Å². The van der Waals surface area contributed by atoms with E-state index < -0.39 is 4.92 Å². The molecule has 0 aliphatic heterocycles. The van der Waals surface area contributed by atoms with Crippen molar-refractivity contribution in [2.24, 2.45) is 0 Å². The minimum Gasteiger partial charge on any atom is -0.379 e. The van der Waals surface area contributed by atoms with E-state index in [0.717, 1.165) is 6.42 Å². The smallest absolute Gasteiger partial charge is 0.293 e. The molecule has 2 N–H and O–H groups in total. The van der Waals surface area contributed by atoms with Crippen molar-refractivity contribution in [2.75, 3.05) is 26.0 Å². The lowest BCUT2D eigenvalue weighted by Crippen LogP contribution is -2.36. The molecule has 0 fully saturated rings. The van der Waals surface area contributed by atoms with Gasteiger partial charge in [0.25, 0.3) is 11.6 Å². The number of hydrogen-bond acceptors (Lipinski definition) is 5. The van der Waals surface area contributed by atoms with Gasteiger partial charge in [-0.3, -0.25) is 20.3 Å². The maximum absolute atomic E-state index is 12.0. The van der Waals surface area contributed by atoms with Crippen molar-refractivity contribution < 1.29 is 9.72 Å². The van der Waals surface area contributed by atoms with Crippen molar-refractivity contribution in [2.45, 2.75) is 13.3 Å². The first-order valence-electron chi connectivity index (χ1n) is 5.97. The number of carbonyl (C=O) groups excluding carboxylic acids is 1. The molecule has 1 rings (SSSR count). The largest absolute Gasteiger partial charge is 0.379 e. The molecule has 1 aromatic rings. The molecule has 0 atom stereocenters. The second-order valence-electron chi connectivity index (χ2n) is 4.22. The van der Waals surface area contributed by atoms with Crippen molar-refractivity contribution in [3.63, 3.8) is 0 Å². The molecule has 0 aromatic heterocycles. The van der Waals surface area contributed by atoms with Crippen LogP contribution in [0.15, 0.2) is 18.2 Å². The minimum atomic E-state index is -0.496. The molecule has 1 amide bonds. The molecule has 104 valence electrons. The van der Waals surface area contributed by atoms with Gasteiger partial charge in [0.1, 0.15) is 5.69 Å². The van der Waals surface area contributed by atoms with Gasteiger partial charge in [0.15, 0.2) is 0 Å². The zero-order valence-corrected chi connectivity index (χ0v) is 11.3. The van der Waals surface area contributed by atoms with Crippen molar-refractivity contribution in [1.29, 1.82) is 0 Å². The van der Waals surface area contributed by atoms with Gasteiger partial charge in [0.2, 0.25) is 0 Å². The summed E-state index contributed by atoms with van der Waals surface area (Å²) in [6, 6.07) is 4.44. The fraction of sp³-hybridized carbons (Fsp3) is 0.417. The normalized spacial score (nSPS) is 10.3. The first-order valence-corrected chi connectivity index (χ1v) is 5.97. The Morgan fingerprint density at radius 1 is 1.42 bits per heavy atom. The van der Waals surface area contributed by atoms with Crippen LogP contribution in [0.2, 0.25) is 0 Å². The quantitative estimate of drug-likeness (QED) is 0.603. The number of nitrogens with zero attached hydrogens (tertiary/aromatic N) is 2. The summed E-state index contributed by atoms with van der Waals surface area (Å²) in [5, 5.41) is 15.4. The summed E-state index contributed by atoms with van der Waals surface area (Å²) in [4.78, 5) is 22.5. The van der Waals surface area contributed by atoms with Crippen LogP contribution in [0.5, 0.6) is 0 Å². The van der Waals surface area contributed by atoms with Crippen LogP contribution in [0.1, 0.15) is 23.7 Å². The Hall–Kier alpha value is -2.15. The van der Waals surface area contributed by atoms with Crippen LogP contribution in [0.25, 0.3) is 0 Å². The number of carbonyl (C=O) groups is 1. The van der Waals surface area contributed by atoms with E-state index in [2.05, 4.69) is 10.7 Å². The number of rotatable bonds is 6. The van der Waals surface area contributed by atoms with Gasteiger partial charge in [0, 0.05) is 26.7 Å². The van der Waals surface area contributed by atoms with E-state index in [9.17, 15) is 14.9 Å².